The van der Waals surface area contributed by atoms with Crippen molar-refractivity contribution in [2.75, 3.05) is 32.8 Å². The van der Waals surface area contributed by atoms with Gasteiger partial charge >= 0.3 is 6.03 Å². The number of piperidine rings is 2. The van der Waals surface area contributed by atoms with E-state index < -0.39 is 0 Å². The van der Waals surface area contributed by atoms with E-state index in [1.165, 1.54) is 16.5 Å². The van der Waals surface area contributed by atoms with E-state index in [2.05, 4.69) is 29.9 Å². The number of hydrogen-bond donors (Lipinski definition) is 0. The van der Waals surface area contributed by atoms with Crippen LogP contribution >= 0.6 is 11.6 Å². The predicted octanol–water partition coefficient (Wildman–Crippen LogP) is 3.81. The Morgan fingerprint density at radius 2 is 1.90 bits per heavy atom. The number of aryl methyl sites for hydroxylation is 1. The van der Waals surface area contributed by atoms with Gasteiger partial charge in [0.25, 0.3) is 0 Å². The van der Waals surface area contributed by atoms with Gasteiger partial charge in [-0.05, 0) is 48.9 Å². The number of ketones is 1. The lowest BCUT2D eigenvalue weighted by atomic mass is 9.87. The fourth-order valence-corrected chi connectivity index (χ4v) is 5.63. The van der Waals surface area contributed by atoms with Gasteiger partial charge in [0.2, 0.25) is 0 Å². The molecule has 4 heterocycles. The van der Waals surface area contributed by atoms with Gasteiger partial charge in [-0.15, -0.1) is 0 Å². The quantitative estimate of drug-likeness (QED) is 0.692. The van der Waals surface area contributed by atoms with Gasteiger partial charge in [-0.3, -0.25) is 4.79 Å². The minimum atomic E-state index is 0.117. The lowest BCUT2D eigenvalue weighted by Crippen LogP contribution is -2.54. The Balaban J connectivity index is 1.24. The third kappa shape index (κ3) is 3.60. The number of hydrogen-bond acceptors (Lipinski definition) is 3. The molecule has 160 valence electrons. The summed E-state index contributed by atoms with van der Waals surface area (Å²) >= 11 is 6.25. The fourth-order valence-electron chi connectivity index (χ4n) is 5.45. The zero-order valence-electron chi connectivity index (χ0n) is 17.3. The van der Waals surface area contributed by atoms with E-state index in [1.807, 2.05) is 15.9 Å². The molecule has 0 radical (unpaired) electrons. The molecular formula is C23H28ClN3O3. The molecule has 30 heavy (non-hydrogen) atoms. The Hall–Kier alpha value is -2.05. The van der Waals surface area contributed by atoms with Gasteiger partial charge in [0.15, 0.2) is 5.78 Å². The van der Waals surface area contributed by atoms with E-state index in [-0.39, 0.29) is 30.4 Å². The summed E-state index contributed by atoms with van der Waals surface area (Å²) in [5.74, 6) is 0.745. The molecule has 0 spiro atoms. The lowest BCUT2D eigenvalue weighted by molar-refractivity contribution is -0.139. The van der Waals surface area contributed by atoms with E-state index in [9.17, 15) is 9.59 Å². The molecule has 0 unspecified atom stereocenters. The van der Waals surface area contributed by atoms with Gasteiger partial charge in [0.1, 0.15) is 6.61 Å². The fraction of sp³-hybridized carbons (Fsp3) is 0.565. The number of amides is 2. The Kier molecular flexibility index (Phi) is 5.23. The molecule has 3 fully saturated rings. The first kappa shape index (κ1) is 19.9. The van der Waals surface area contributed by atoms with Crippen LogP contribution in [0, 0.1) is 5.92 Å². The molecule has 0 saturated carbocycles. The highest BCUT2D eigenvalue weighted by Crippen LogP contribution is 2.36. The Labute approximate surface area is 181 Å². The van der Waals surface area contributed by atoms with Crippen molar-refractivity contribution in [3.8, 4) is 0 Å². The van der Waals surface area contributed by atoms with Gasteiger partial charge in [-0.1, -0.05) is 11.6 Å². The molecule has 2 atom stereocenters. The van der Waals surface area contributed by atoms with Crippen LogP contribution in [0.5, 0.6) is 0 Å². The van der Waals surface area contributed by atoms with Crippen molar-refractivity contribution in [2.45, 2.75) is 37.7 Å². The van der Waals surface area contributed by atoms with Crippen molar-refractivity contribution in [3.05, 3.63) is 35.0 Å². The molecule has 2 amide bonds. The summed E-state index contributed by atoms with van der Waals surface area (Å²) in [4.78, 5) is 28.8. The number of benzene rings is 1. The van der Waals surface area contributed by atoms with E-state index in [4.69, 9.17) is 16.3 Å². The van der Waals surface area contributed by atoms with E-state index in [1.54, 1.807) is 0 Å². The Morgan fingerprint density at radius 3 is 2.70 bits per heavy atom. The highest BCUT2D eigenvalue weighted by molar-refractivity contribution is 6.31. The van der Waals surface area contributed by atoms with Crippen LogP contribution in [0.2, 0.25) is 5.02 Å². The number of carbonyl (C=O) groups excluding carboxylic acids is 2. The van der Waals surface area contributed by atoms with E-state index in [0.29, 0.717) is 18.9 Å². The highest BCUT2D eigenvalue weighted by atomic mass is 35.5. The summed E-state index contributed by atoms with van der Waals surface area (Å²) in [5, 5.41) is 1.98. The van der Waals surface area contributed by atoms with Crippen LogP contribution in [0.4, 0.5) is 4.79 Å². The molecule has 6 nitrogen and oxygen atoms in total. The summed E-state index contributed by atoms with van der Waals surface area (Å²) < 4.78 is 7.83. The number of rotatable bonds is 1. The van der Waals surface area contributed by atoms with Crippen molar-refractivity contribution >= 4 is 34.3 Å². The SMILES string of the molecule is Cn1cc(C2CCN(C(=O)N3CC[C@@H]4OCC(=O)C[C@@H]4C3)CC2)c2cc(Cl)ccc21. The molecule has 3 aliphatic heterocycles. The smallest absolute Gasteiger partial charge is 0.320 e. The maximum Gasteiger partial charge on any atom is 0.320 e. The van der Waals surface area contributed by atoms with Crippen molar-refractivity contribution in [2.24, 2.45) is 13.0 Å². The molecule has 0 N–H and O–H groups in total. The predicted molar refractivity (Wildman–Crippen MR) is 116 cm³/mol. The minimum absolute atomic E-state index is 0.117. The first-order valence-corrected chi connectivity index (χ1v) is 11.3. The number of likely N-dealkylation sites (tertiary alicyclic amines) is 2. The standard InChI is InChI=1S/C23H28ClN3O3/c1-25-13-20(19-11-17(24)2-3-21(19)25)15-4-7-26(8-5-15)23(29)27-9-6-22-16(12-27)10-18(28)14-30-22/h2-3,11,13,15-16,22H,4-10,12,14H2,1H3/t16-,22+/m1/s1. The average molecular weight is 430 g/mol. The monoisotopic (exact) mass is 429 g/mol. The van der Waals surface area contributed by atoms with Gasteiger partial charge in [0, 0.05) is 67.7 Å². The first-order valence-electron chi connectivity index (χ1n) is 10.9. The van der Waals surface area contributed by atoms with Gasteiger partial charge < -0.3 is 19.1 Å². The Morgan fingerprint density at radius 1 is 1.13 bits per heavy atom. The van der Waals surface area contributed by atoms with Crippen molar-refractivity contribution in [3.63, 3.8) is 0 Å². The summed E-state index contributed by atoms with van der Waals surface area (Å²) in [6.07, 6.45) is 5.64. The first-order chi connectivity index (χ1) is 14.5. The number of halogens is 1. The maximum absolute atomic E-state index is 13.1. The zero-order valence-corrected chi connectivity index (χ0v) is 18.1. The largest absolute Gasteiger partial charge is 0.370 e. The number of fused-ring (bicyclic) bond motifs is 2. The van der Waals surface area contributed by atoms with Crippen LogP contribution in [0.1, 0.15) is 37.2 Å². The molecule has 0 bridgehead atoms. The molecule has 1 aromatic heterocycles. The highest BCUT2D eigenvalue weighted by Gasteiger charge is 2.38. The molecule has 3 aliphatic rings. The third-order valence-electron chi connectivity index (χ3n) is 7.07. The zero-order chi connectivity index (χ0) is 20.8. The van der Waals surface area contributed by atoms with Crippen LogP contribution < -0.4 is 0 Å². The van der Waals surface area contributed by atoms with Crippen molar-refractivity contribution in [1.82, 2.24) is 14.4 Å². The average Bonchev–Trinajstić information content (AvgIpc) is 3.08. The Bertz CT molecular complexity index is 979. The van der Waals surface area contributed by atoms with Crippen molar-refractivity contribution < 1.29 is 14.3 Å². The molecule has 1 aromatic carbocycles. The van der Waals surface area contributed by atoms with E-state index >= 15 is 0 Å². The van der Waals surface area contributed by atoms with Gasteiger partial charge in [0.05, 0.1) is 6.10 Å². The van der Waals surface area contributed by atoms with Crippen LogP contribution in [-0.4, -0.2) is 65.1 Å². The number of carbonyl (C=O) groups is 2. The maximum atomic E-state index is 13.1. The molecule has 3 saturated heterocycles. The summed E-state index contributed by atoms with van der Waals surface area (Å²) in [6.45, 7) is 3.12. The second-order valence-corrected chi connectivity index (χ2v) is 9.42. The number of aromatic nitrogens is 1. The lowest BCUT2D eigenvalue weighted by Gasteiger charge is -2.43. The van der Waals surface area contributed by atoms with Crippen molar-refractivity contribution in [1.29, 1.82) is 0 Å². The second kappa shape index (κ2) is 7.89. The van der Waals surface area contributed by atoms with Crippen LogP contribution in [0.15, 0.2) is 24.4 Å². The number of ether oxygens (including phenoxy) is 1. The second-order valence-electron chi connectivity index (χ2n) is 8.99. The molecule has 0 aliphatic carbocycles. The molecule has 2 aromatic rings. The molecule has 5 rings (SSSR count). The molecular weight excluding hydrogens is 402 g/mol. The normalized spacial score (nSPS) is 25.6. The van der Waals surface area contributed by atoms with E-state index in [0.717, 1.165) is 43.9 Å². The summed E-state index contributed by atoms with van der Waals surface area (Å²) in [7, 11) is 2.07. The number of urea groups is 1. The number of Topliss-reactive ketones (excluding diaryl/α,β-unsaturated/α-hetero) is 1. The van der Waals surface area contributed by atoms with Crippen LogP contribution in [0.25, 0.3) is 10.9 Å². The summed E-state index contributed by atoms with van der Waals surface area (Å²) in [6, 6.07) is 6.18. The van der Waals surface area contributed by atoms with Gasteiger partial charge in [-0.25, -0.2) is 4.79 Å². The van der Waals surface area contributed by atoms with Crippen LogP contribution in [-0.2, 0) is 16.6 Å². The summed E-state index contributed by atoms with van der Waals surface area (Å²) in [5.41, 5.74) is 2.53. The third-order valence-corrected chi connectivity index (χ3v) is 7.31. The van der Waals surface area contributed by atoms with Gasteiger partial charge in [-0.2, -0.15) is 0 Å². The van der Waals surface area contributed by atoms with Crippen LogP contribution in [0.3, 0.4) is 0 Å². The number of nitrogens with zero attached hydrogens (tertiary/aromatic N) is 3. The topological polar surface area (TPSA) is 54.8 Å². The molecule has 7 heteroatoms. The minimum Gasteiger partial charge on any atom is -0.370 e.